The van der Waals surface area contributed by atoms with Crippen molar-refractivity contribution in [1.29, 1.82) is 0 Å². The van der Waals surface area contributed by atoms with Crippen LogP contribution in [0.2, 0.25) is 0 Å². The summed E-state index contributed by atoms with van der Waals surface area (Å²) in [6.45, 7) is 0. The topological polar surface area (TPSA) is 104 Å². The van der Waals surface area contributed by atoms with Gasteiger partial charge in [-0.2, -0.15) is 5.10 Å². The lowest BCUT2D eigenvalue weighted by Crippen LogP contribution is -2.36. The number of amides is 2. The fourth-order valence-electron chi connectivity index (χ4n) is 4.45. The fraction of sp³-hybridized carbons (Fsp3) is 0.385. The van der Waals surface area contributed by atoms with Gasteiger partial charge in [0.25, 0.3) is 5.56 Å². The number of rotatable bonds is 8. The second kappa shape index (κ2) is 11.0. The van der Waals surface area contributed by atoms with E-state index in [1.807, 2.05) is 12.1 Å². The zero-order valence-corrected chi connectivity index (χ0v) is 19.0. The van der Waals surface area contributed by atoms with Crippen molar-refractivity contribution in [2.45, 2.75) is 63.8 Å². The maximum Gasteiger partial charge on any atom is 0.272 e. The van der Waals surface area contributed by atoms with E-state index in [4.69, 9.17) is 0 Å². The van der Waals surface area contributed by atoms with Crippen LogP contribution in [0, 0.1) is 5.82 Å². The number of aromatic amines is 1. The molecule has 0 saturated heterocycles. The summed E-state index contributed by atoms with van der Waals surface area (Å²) in [7, 11) is 0. The average molecular weight is 465 g/mol. The Bertz CT molecular complexity index is 1230. The molecule has 3 N–H and O–H groups in total. The van der Waals surface area contributed by atoms with Crippen molar-refractivity contribution in [1.82, 2.24) is 15.5 Å². The number of hydrogen-bond donors (Lipinski definition) is 3. The maximum absolute atomic E-state index is 14.3. The number of fused-ring (bicyclic) bond motifs is 1. The van der Waals surface area contributed by atoms with Gasteiger partial charge in [-0.25, -0.2) is 9.49 Å². The van der Waals surface area contributed by atoms with E-state index < -0.39 is 5.82 Å². The number of benzene rings is 2. The molecule has 2 aromatic carbocycles. The highest BCUT2D eigenvalue weighted by molar-refractivity contribution is 5.91. The molecule has 1 fully saturated rings. The van der Waals surface area contributed by atoms with Crippen LogP contribution in [0.3, 0.4) is 0 Å². The Morgan fingerprint density at radius 3 is 2.53 bits per heavy atom. The Labute approximate surface area is 197 Å². The highest BCUT2D eigenvalue weighted by Gasteiger charge is 2.16. The molecule has 7 nitrogen and oxygen atoms in total. The van der Waals surface area contributed by atoms with Crippen LogP contribution < -0.4 is 16.2 Å². The molecular formula is C26H29FN4O3. The summed E-state index contributed by atoms with van der Waals surface area (Å²) in [5, 5.41) is 13.6. The van der Waals surface area contributed by atoms with E-state index in [2.05, 4.69) is 20.8 Å². The van der Waals surface area contributed by atoms with E-state index >= 15 is 0 Å². The van der Waals surface area contributed by atoms with Crippen LogP contribution in [0.15, 0.2) is 47.3 Å². The molecule has 0 spiro atoms. The summed E-state index contributed by atoms with van der Waals surface area (Å²) in [5.74, 6) is -0.908. The number of carbonyl (C=O) groups excluding carboxylic acids is 2. The molecule has 0 bridgehead atoms. The van der Waals surface area contributed by atoms with Gasteiger partial charge in [0.1, 0.15) is 5.82 Å². The first-order valence-corrected chi connectivity index (χ1v) is 11.8. The van der Waals surface area contributed by atoms with E-state index in [9.17, 15) is 18.8 Å². The molecule has 1 heterocycles. The van der Waals surface area contributed by atoms with Crippen molar-refractivity contribution >= 4 is 28.3 Å². The first-order valence-electron chi connectivity index (χ1n) is 11.8. The molecule has 0 unspecified atom stereocenters. The predicted molar refractivity (Wildman–Crippen MR) is 129 cm³/mol. The molecule has 1 aliphatic carbocycles. The van der Waals surface area contributed by atoms with Crippen LogP contribution in [-0.2, 0) is 16.0 Å². The Kier molecular flexibility index (Phi) is 7.67. The largest absolute Gasteiger partial charge is 0.353 e. The van der Waals surface area contributed by atoms with Crippen molar-refractivity contribution in [3.8, 4) is 0 Å². The molecule has 34 heavy (non-hydrogen) atoms. The van der Waals surface area contributed by atoms with Gasteiger partial charge in [-0.15, -0.1) is 0 Å². The van der Waals surface area contributed by atoms with Gasteiger partial charge in [0, 0.05) is 30.7 Å². The summed E-state index contributed by atoms with van der Waals surface area (Å²) in [6.07, 6.45) is 6.73. The minimum atomic E-state index is -0.536. The third-order valence-corrected chi connectivity index (χ3v) is 6.23. The number of carbonyl (C=O) groups is 2. The van der Waals surface area contributed by atoms with Crippen molar-refractivity contribution in [2.75, 3.05) is 5.32 Å². The number of nitrogens with zero attached hydrogens (tertiary/aromatic N) is 1. The van der Waals surface area contributed by atoms with Gasteiger partial charge in [-0.05, 0) is 43.0 Å². The summed E-state index contributed by atoms with van der Waals surface area (Å²) >= 11 is 0. The summed E-state index contributed by atoms with van der Waals surface area (Å²) in [6, 6.07) is 11.9. The SMILES string of the molecule is O=C(CCCC(=O)NC1CCCCC1)Nc1cc(Cc2n[nH]c(=O)c3ccccc23)ccc1F. The first kappa shape index (κ1) is 23.6. The second-order valence-corrected chi connectivity index (χ2v) is 8.84. The molecule has 3 aromatic rings. The van der Waals surface area contributed by atoms with Gasteiger partial charge in [-0.1, -0.05) is 43.5 Å². The number of anilines is 1. The fourth-order valence-corrected chi connectivity index (χ4v) is 4.45. The lowest BCUT2D eigenvalue weighted by Gasteiger charge is -2.22. The van der Waals surface area contributed by atoms with Gasteiger partial charge in [0.05, 0.1) is 16.8 Å². The van der Waals surface area contributed by atoms with Crippen molar-refractivity contribution in [2.24, 2.45) is 0 Å². The quantitative estimate of drug-likeness (QED) is 0.465. The van der Waals surface area contributed by atoms with Gasteiger partial charge < -0.3 is 10.6 Å². The van der Waals surface area contributed by atoms with E-state index in [0.29, 0.717) is 23.9 Å². The van der Waals surface area contributed by atoms with Crippen molar-refractivity contribution in [3.63, 3.8) is 0 Å². The van der Waals surface area contributed by atoms with Crippen LogP contribution in [-0.4, -0.2) is 28.1 Å². The summed E-state index contributed by atoms with van der Waals surface area (Å²) < 4.78 is 14.3. The van der Waals surface area contributed by atoms with Gasteiger partial charge in [0.15, 0.2) is 0 Å². The number of H-pyrrole nitrogens is 1. The highest BCUT2D eigenvalue weighted by Crippen LogP contribution is 2.21. The third-order valence-electron chi connectivity index (χ3n) is 6.23. The lowest BCUT2D eigenvalue weighted by atomic mass is 9.95. The molecule has 1 saturated carbocycles. The van der Waals surface area contributed by atoms with E-state index in [1.165, 1.54) is 12.5 Å². The van der Waals surface area contributed by atoms with E-state index in [0.717, 1.165) is 36.6 Å². The molecule has 4 rings (SSSR count). The van der Waals surface area contributed by atoms with Crippen molar-refractivity contribution < 1.29 is 14.0 Å². The number of halogens is 1. The van der Waals surface area contributed by atoms with Crippen LogP contribution in [0.25, 0.3) is 10.8 Å². The van der Waals surface area contributed by atoms with E-state index in [1.54, 1.807) is 24.3 Å². The Morgan fingerprint density at radius 1 is 1.00 bits per heavy atom. The second-order valence-electron chi connectivity index (χ2n) is 8.84. The monoisotopic (exact) mass is 464 g/mol. The molecular weight excluding hydrogens is 435 g/mol. The molecule has 1 aromatic heterocycles. The number of hydrogen-bond acceptors (Lipinski definition) is 4. The number of aromatic nitrogens is 2. The minimum absolute atomic E-state index is 0.0338. The molecule has 1 aliphatic rings. The van der Waals surface area contributed by atoms with Gasteiger partial charge >= 0.3 is 0 Å². The Hall–Kier alpha value is -3.55. The smallest absolute Gasteiger partial charge is 0.272 e. The van der Waals surface area contributed by atoms with Crippen LogP contribution >= 0.6 is 0 Å². The molecule has 0 aliphatic heterocycles. The zero-order chi connectivity index (χ0) is 23.9. The van der Waals surface area contributed by atoms with Crippen LogP contribution in [0.4, 0.5) is 10.1 Å². The Balaban J connectivity index is 1.33. The van der Waals surface area contributed by atoms with Gasteiger partial charge in [0.2, 0.25) is 11.8 Å². The molecule has 8 heteroatoms. The van der Waals surface area contributed by atoms with Gasteiger partial charge in [-0.3, -0.25) is 14.4 Å². The average Bonchev–Trinajstić information content (AvgIpc) is 2.84. The first-order chi connectivity index (χ1) is 16.5. The lowest BCUT2D eigenvalue weighted by molar-refractivity contribution is -0.122. The van der Waals surface area contributed by atoms with E-state index in [-0.39, 0.29) is 41.9 Å². The summed E-state index contributed by atoms with van der Waals surface area (Å²) in [5.41, 5.74) is 1.22. The standard InChI is InChI=1S/C26H29FN4O3/c27-21-14-13-17(15-22-19-9-4-5-10-20(19)26(34)31-30-22)16-23(21)29-25(33)12-6-11-24(32)28-18-7-2-1-3-8-18/h4-5,9-10,13-14,16,18H,1-3,6-8,11-12,15H2,(H,28,32)(H,29,33)(H,31,34). The normalized spacial score (nSPS) is 14.1. The highest BCUT2D eigenvalue weighted by atomic mass is 19.1. The molecule has 178 valence electrons. The molecule has 0 atom stereocenters. The summed E-state index contributed by atoms with van der Waals surface area (Å²) in [4.78, 5) is 36.5. The minimum Gasteiger partial charge on any atom is -0.353 e. The third kappa shape index (κ3) is 6.07. The number of nitrogens with one attached hydrogen (secondary N) is 3. The van der Waals surface area contributed by atoms with Crippen LogP contribution in [0.1, 0.15) is 62.6 Å². The molecule has 0 radical (unpaired) electrons. The molecule has 2 amide bonds. The predicted octanol–water partition coefficient (Wildman–Crippen LogP) is 4.21. The van der Waals surface area contributed by atoms with Crippen LogP contribution in [0.5, 0.6) is 0 Å². The maximum atomic E-state index is 14.3. The van der Waals surface area contributed by atoms with Crippen molar-refractivity contribution in [3.05, 3.63) is 69.9 Å². The Morgan fingerprint density at radius 2 is 1.74 bits per heavy atom. The zero-order valence-electron chi connectivity index (χ0n) is 19.0.